The van der Waals surface area contributed by atoms with Crippen LogP contribution in [0.25, 0.3) is 0 Å². The maximum Gasteiger partial charge on any atom is 0.217 e. The van der Waals surface area contributed by atoms with Gasteiger partial charge in [0.15, 0.2) is 0 Å². The summed E-state index contributed by atoms with van der Waals surface area (Å²) >= 11 is 0. The Bertz CT molecular complexity index is 351. The van der Waals surface area contributed by atoms with Gasteiger partial charge in [-0.05, 0) is 65.2 Å². The van der Waals surface area contributed by atoms with Crippen LogP contribution in [-0.4, -0.2) is 23.2 Å². The molecular weight excluding hydrogens is 274 g/mol. The summed E-state index contributed by atoms with van der Waals surface area (Å²) in [7, 11) is 0. The molecule has 22 heavy (non-hydrogen) atoms. The molecule has 0 saturated carbocycles. The summed E-state index contributed by atoms with van der Waals surface area (Å²) in [5.41, 5.74) is -0.245. The van der Waals surface area contributed by atoms with Crippen LogP contribution < -0.4 is 5.32 Å². The first-order chi connectivity index (χ1) is 9.65. The lowest BCUT2D eigenvalue weighted by atomic mass is 9.75. The minimum Gasteiger partial charge on any atom is -0.370 e. The average molecular weight is 314 g/mol. The van der Waals surface area contributed by atoms with Gasteiger partial charge in [0.25, 0.3) is 0 Å². The molecule has 3 heteroatoms. The molecule has 0 aliphatic carbocycles. The summed E-state index contributed by atoms with van der Waals surface area (Å²) in [6, 6.07) is 0.204. The number of nitrogens with one attached hydrogen (secondary N) is 1. The summed E-state index contributed by atoms with van der Waals surface area (Å²) in [6.45, 7) is 21.1. The Morgan fingerprint density at radius 1 is 1.00 bits per heavy atom. The molecule has 0 aliphatic rings. The van der Waals surface area contributed by atoms with E-state index in [-0.39, 0.29) is 28.6 Å². The van der Waals surface area contributed by atoms with Crippen LogP contribution in [0.3, 0.4) is 0 Å². The van der Waals surface area contributed by atoms with E-state index < -0.39 is 0 Å². The normalized spacial score (nSPS) is 15.0. The molecule has 0 aromatic carbocycles. The van der Waals surface area contributed by atoms with Crippen LogP contribution >= 0.6 is 0 Å². The Hall–Kier alpha value is -0.570. The van der Waals surface area contributed by atoms with E-state index in [4.69, 9.17) is 4.74 Å². The molecule has 0 saturated heterocycles. The SMILES string of the molecule is CC(=O)N[C@@H](CC(C)C)C(C)(C)CCC(C)(C)OC(C)(C)C. The number of carbonyl (C=O) groups excluding carboxylic acids is 1. The van der Waals surface area contributed by atoms with E-state index in [0.29, 0.717) is 5.92 Å². The molecule has 0 rings (SSSR count). The highest BCUT2D eigenvalue weighted by Gasteiger charge is 2.34. The van der Waals surface area contributed by atoms with E-state index >= 15 is 0 Å². The fourth-order valence-electron chi connectivity index (χ4n) is 2.97. The van der Waals surface area contributed by atoms with E-state index in [1.807, 2.05) is 0 Å². The first-order valence-corrected chi connectivity index (χ1v) is 8.62. The van der Waals surface area contributed by atoms with Crippen molar-refractivity contribution in [1.82, 2.24) is 5.32 Å². The Labute approximate surface area is 138 Å². The predicted molar refractivity (Wildman–Crippen MR) is 95.0 cm³/mol. The van der Waals surface area contributed by atoms with Crippen molar-refractivity contribution in [3.63, 3.8) is 0 Å². The van der Waals surface area contributed by atoms with Crippen LogP contribution in [-0.2, 0) is 9.53 Å². The molecule has 132 valence electrons. The third-order valence-corrected chi connectivity index (χ3v) is 3.98. The van der Waals surface area contributed by atoms with Crippen LogP contribution in [0.1, 0.15) is 88.5 Å². The van der Waals surface area contributed by atoms with Gasteiger partial charge in [-0.2, -0.15) is 0 Å². The summed E-state index contributed by atoms with van der Waals surface area (Å²) < 4.78 is 6.18. The summed E-state index contributed by atoms with van der Waals surface area (Å²) in [5.74, 6) is 0.624. The van der Waals surface area contributed by atoms with Crippen LogP contribution in [0, 0.1) is 11.3 Å². The molecule has 0 spiro atoms. The molecule has 0 fully saturated rings. The fraction of sp³-hybridized carbons (Fsp3) is 0.947. The molecule has 0 heterocycles. The van der Waals surface area contributed by atoms with Crippen molar-refractivity contribution >= 4 is 5.91 Å². The van der Waals surface area contributed by atoms with E-state index in [1.165, 1.54) is 0 Å². The molecule has 0 aromatic heterocycles. The maximum atomic E-state index is 11.5. The Kier molecular flexibility index (Phi) is 7.61. The minimum absolute atomic E-state index is 0.0501. The van der Waals surface area contributed by atoms with E-state index in [1.54, 1.807) is 6.92 Å². The van der Waals surface area contributed by atoms with Gasteiger partial charge >= 0.3 is 0 Å². The molecule has 0 bridgehead atoms. The van der Waals surface area contributed by atoms with Gasteiger partial charge in [-0.25, -0.2) is 0 Å². The van der Waals surface area contributed by atoms with E-state index in [2.05, 4.69) is 67.6 Å². The average Bonchev–Trinajstić information content (AvgIpc) is 2.21. The molecular formula is C19H39NO2. The molecule has 1 amide bonds. The van der Waals surface area contributed by atoms with Crippen LogP contribution in [0.4, 0.5) is 0 Å². The van der Waals surface area contributed by atoms with Crippen molar-refractivity contribution in [2.45, 2.75) is 106 Å². The second-order valence-corrected chi connectivity index (χ2v) is 9.35. The number of carbonyl (C=O) groups is 1. The zero-order valence-corrected chi connectivity index (χ0v) is 16.6. The molecule has 0 radical (unpaired) electrons. The highest BCUT2D eigenvalue weighted by atomic mass is 16.5. The second kappa shape index (κ2) is 7.81. The van der Waals surface area contributed by atoms with Gasteiger partial charge in [-0.1, -0.05) is 27.7 Å². The quantitative estimate of drug-likeness (QED) is 0.689. The fourth-order valence-corrected chi connectivity index (χ4v) is 2.97. The van der Waals surface area contributed by atoms with Crippen molar-refractivity contribution in [1.29, 1.82) is 0 Å². The Morgan fingerprint density at radius 3 is 1.86 bits per heavy atom. The highest BCUT2D eigenvalue weighted by molar-refractivity contribution is 5.73. The Balaban J connectivity index is 4.84. The van der Waals surface area contributed by atoms with Crippen molar-refractivity contribution in [2.75, 3.05) is 0 Å². The van der Waals surface area contributed by atoms with E-state index in [9.17, 15) is 4.79 Å². The van der Waals surface area contributed by atoms with Gasteiger partial charge in [0.1, 0.15) is 0 Å². The first-order valence-electron chi connectivity index (χ1n) is 8.62. The van der Waals surface area contributed by atoms with Gasteiger partial charge in [0.05, 0.1) is 11.2 Å². The summed E-state index contributed by atoms with van der Waals surface area (Å²) in [5, 5.41) is 3.16. The van der Waals surface area contributed by atoms with Gasteiger partial charge in [0.2, 0.25) is 5.91 Å². The zero-order chi connectivity index (χ0) is 17.8. The molecule has 0 unspecified atom stereocenters. The highest BCUT2D eigenvalue weighted by Crippen LogP contribution is 2.35. The number of amides is 1. The smallest absolute Gasteiger partial charge is 0.217 e. The standard InChI is InChI=1S/C19H39NO2/c1-14(2)13-16(20-15(3)21)18(7,8)11-12-19(9,10)22-17(4,5)6/h14,16H,11-13H2,1-10H3,(H,20,21)/t16-/m0/s1. The third-order valence-electron chi connectivity index (χ3n) is 3.98. The number of rotatable bonds is 8. The molecule has 1 N–H and O–H groups in total. The zero-order valence-electron chi connectivity index (χ0n) is 16.6. The van der Waals surface area contributed by atoms with Crippen LogP contribution in [0.5, 0.6) is 0 Å². The van der Waals surface area contributed by atoms with Gasteiger partial charge in [0, 0.05) is 13.0 Å². The third kappa shape index (κ3) is 9.45. The lowest BCUT2D eigenvalue weighted by Crippen LogP contribution is -2.46. The van der Waals surface area contributed by atoms with Gasteiger partial charge < -0.3 is 10.1 Å². The number of ether oxygens (including phenoxy) is 1. The second-order valence-electron chi connectivity index (χ2n) is 9.35. The van der Waals surface area contributed by atoms with Gasteiger partial charge in [-0.3, -0.25) is 4.79 Å². The first kappa shape index (κ1) is 21.4. The Morgan fingerprint density at radius 2 is 1.50 bits per heavy atom. The number of hydrogen-bond donors (Lipinski definition) is 1. The lowest BCUT2D eigenvalue weighted by molar-refractivity contribution is -0.123. The molecule has 3 nitrogen and oxygen atoms in total. The molecule has 1 atom stereocenters. The monoisotopic (exact) mass is 313 g/mol. The van der Waals surface area contributed by atoms with Crippen molar-refractivity contribution < 1.29 is 9.53 Å². The lowest BCUT2D eigenvalue weighted by Gasteiger charge is -2.40. The summed E-state index contributed by atoms with van der Waals surface area (Å²) in [6.07, 6.45) is 3.01. The predicted octanol–water partition coefficient (Wildman–Crippen LogP) is 4.94. The maximum absolute atomic E-state index is 11.5. The summed E-state index contributed by atoms with van der Waals surface area (Å²) in [4.78, 5) is 11.5. The van der Waals surface area contributed by atoms with Crippen LogP contribution in [0.15, 0.2) is 0 Å². The van der Waals surface area contributed by atoms with E-state index in [0.717, 1.165) is 19.3 Å². The van der Waals surface area contributed by atoms with Crippen molar-refractivity contribution in [3.8, 4) is 0 Å². The van der Waals surface area contributed by atoms with Crippen molar-refractivity contribution in [3.05, 3.63) is 0 Å². The molecule has 0 aromatic rings. The van der Waals surface area contributed by atoms with Crippen molar-refractivity contribution in [2.24, 2.45) is 11.3 Å². The topological polar surface area (TPSA) is 38.3 Å². The van der Waals surface area contributed by atoms with Crippen LogP contribution in [0.2, 0.25) is 0 Å². The van der Waals surface area contributed by atoms with Gasteiger partial charge in [-0.15, -0.1) is 0 Å². The number of hydrogen-bond acceptors (Lipinski definition) is 2. The largest absolute Gasteiger partial charge is 0.370 e. The minimum atomic E-state index is -0.159. The molecule has 0 aliphatic heterocycles.